The highest BCUT2D eigenvalue weighted by molar-refractivity contribution is 7.80. The van der Waals surface area contributed by atoms with Gasteiger partial charge in [-0.1, -0.05) is 68.1 Å². The normalized spacial score (nSPS) is 10.5. The van der Waals surface area contributed by atoms with Crippen LogP contribution in [0, 0.1) is 0 Å². The molecule has 24 heavy (non-hydrogen) atoms. The van der Waals surface area contributed by atoms with Crippen LogP contribution in [0.4, 0.5) is 5.69 Å². The number of ketones is 1. The first-order valence-corrected chi connectivity index (χ1v) is 9.49. The minimum atomic E-state index is 0.0726. The first-order chi connectivity index (χ1) is 11.8. The maximum Gasteiger partial charge on any atom is 0.193 e. The number of carbonyl (C=O) groups excluding carboxylic acids is 1. The number of rotatable bonds is 11. The summed E-state index contributed by atoms with van der Waals surface area (Å²) in [5.41, 5.74) is 2.49. The van der Waals surface area contributed by atoms with Crippen LogP contribution in [-0.2, 0) is 0 Å². The van der Waals surface area contributed by atoms with Crippen LogP contribution in [0.5, 0.6) is 0 Å². The van der Waals surface area contributed by atoms with Crippen molar-refractivity contribution in [2.24, 2.45) is 0 Å². The van der Waals surface area contributed by atoms with E-state index >= 15 is 0 Å². The lowest BCUT2D eigenvalue weighted by Gasteiger charge is -2.08. The van der Waals surface area contributed by atoms with E-state index in [0.717, 1.165) is 35.5 Å². The lowest BCUT2D eigenvalue weighted by Crippen LogP contribution is -2.04. The van der Waals surface area contributed by atoms with E-state index in [1.165, 1.54) is 32.1 Å². The predicted octanol–water partition coefficient (Wildman–Crippen LogP) is 5.60. The molecule has 0 radical (unpaired) electrons. The third-order valence-electron chi connectivity index (χ3n) is 4.07. The Morgan fingerprint density at radius 3 is 2.21 bits per heavy atom. The maximum absolute atomic E-state index is 12.5. The van der Waals surface area contributed by atoms with Crippen LogP contribution in [0.1, 0.15) is 54.4 Å². The second-order valence-electron chi connectivity index (χ2n) is 6.05. The first kappa shape index (κ1) is 18.6. The van der Waals surface area contributed by atoms with Gasteiger partial charge >= 0.3 is 0 Å². The van der Waals surface area contributed by atoms with Crippen LogP contribution in [0.3, 0.4) is 0 Å². The number of anilines is 1. The number of nitrogens with one attached hydrogen (secondary N) is 1. The predicted molar refractivity (Wildman–Crippen MR) is 106 cm³/mol. The van der Waals surface area contributed by atoms with Gasteiger partial charge in [0.2, 0.25) is 0 Å². The fraction of sp³-hybridized carbons (Fsp3) is 0.381. The van der Waals surface area contributed by atoms with Crippen LogP contribution in [0.15, 0.2) is 54.6 Å². The molecular weight excluding hydrogens is 314 g/mol. The Morgan fingerprint density at radius 1 is 0.792 bits per heavy atom. The third-order valence-corrected chi connectivity index (χ3v) is 4.39. The molecule has 0 amide bonds. The maximum atomic E-state index is 12.5. The topological polar surface area (TPSA) is 29.1 Å². The quantitative estimate of drug-likeness (QED) is 0.316. The largest absolute Gasteiger partial charge is 0.385 e. The Labute approximate surface area is 151 Å². The van der Waals surface area contributed by atoms with Gasteiger partial charge in [0.25, 0.3) is 0 Å². The van der Waals surface area contributed by atoms with Crippen molar-refractivity contribution < 1.29 is 4.79 Å². The van der Waals surface area contributed by atoms with E-state index < -0.39 is 0 Å². The van der Waals surface area contributed by atoms with Crippen molar-refractivity contribution in [1.29, 1.82) is 0 Å². The Bertz CT molecular complexity index is 612. The summed E-state index contributed by atoms with van der Waals surface area (Å²) >= 11 is 4.23. The molecule has 128 valence electrons. The van der Waals surface area contributed by atoms with Gasteiger partial charge in [-0.2, -0.15) is 12.6 Å². The van der Waals surface area contributed by atoms with Crippen LogP contribution in [0.25, 0.3) is 0 Å². The zero-order valence-electron chi connectivity index (χ0n) is 14.2. The van der Waals surface area contributed by atoms with Crippen LogP contribution < -0.4 is 5.32 Å². The van der Waals surface area contributed by atoms with Crippen molar-refractivity contribution in [2.45, 2.75) is 38.5 Å². The standard InChI is InChI=1S/C21H27NOS/c23-21(18-11-6-5-7-12-18)19-13-10-14-20(17-19)22-15-8-3-1-2-4-9-16-24/h5-7,10-14,17,22,24H,1-4,8-9,15-16H2. The molecule has 0 saturated carbocycles. The van der Waals surface area contributed by atoms with Crippen molar-refractivity contribution >= 4 is 24.1 Å². The molecule has 0 unspecified atom stereocenters. The van der Waals surface area contributed by atoms with Crippen molar-refractivity contribution in [3.8, 4) is 0 Å². The zero-order chi connectivity index (χ0) is 17.0. The third kappa shape index (κ3) is 6.40. The highest BCUT2D eigenvalue weighted by Gasteiger charge is 2.08. The van der Waals surface area contributed by atoms with Gasteiger partial charge in [-0.25, -0.2) is 0 Å². The van der Waals surface area contributed by atoms with E-state index in [-0.39, 0.29) is 5.78 Å². The van der Waals surface area contributed by atoms with Crippen LogP contribution in [-0.4, -0.2) is 18.1 Å². The molecule has 1 N–H and O–H groups in total. The SMILES string of the molecule is O=C(c1ccccc1)c1cccc(NCCCCCCCCS)c1. The average Bonchev–Trinajstić information content (AvgIpc) is 2.64. The monoisotopic (exact) mass is 341 g/mol. The fourth-order valence-electron chi connectivity index (χ4n) is 2.70. The number of hydrogen-bond donors (Lipinski definition) is 2. The molecule has 2 aromatic carbocycles. The lowest BCUT2D eigenvalue weighted by molar-refractivity contribution is 0.103. The summed E-state index contributed by atoms with van der Waals surface area (Å²) in [7, 11) is 0. The van der Waals surface area contributed by atoms with Crippen molar-refractivity contribution in [3.63, 3.8) is 0 Å². The van der Waals surface area contributed by atoms with E-state index in [2.05, 4.69) is 17.9 Å². The zero-order valence-corrected chi connectivity index (χ0v) is 15.1. The molecule has 0 saturated heterocycles. The molecule has 2 aromatic rings. The molecule has 2 nitrogen and oxygen atoms in total. The molecule has 0 bridgehead atoms. The minimum Gasteiger partial charge on any atom is -0.385 e. The number of unbranched alkanes of at least 4 members (excludes halogenated alkanes) is 5. The fourth-order valence-corrected chi connectivity index (χ4v) is 2.93. The highest BCUT2D eigenvalue weighted by atomic mass is 32.1. The van der Waals surface area contributed by atoms with Crippen molar-refractivity contribution in [3.05, 3.63) is 65.7 Å². The molecule has 2 rings (SSSR count). The van der Waals surface area contributed by atoms with E-state index in [1.807, 2.05) is 54.6 Å². The van der Waals surface area contributed by atoms with Gasteiger partial charge in [0.15, 0.2) is 5.78 Å². The van der Waals surface area contributed by atoms with Gasteiger partial charge in [-0.3, -0.25) is 4.79 Å². The lowest BCUT2D eigenvalue weighted by atomic mass is 10.0. The van der Waals surface area contributed by atoms with Crippen molar-refractivity contribution in [2.75, 3.05) is 17.6 Å². The van der Waals surface area contributed by atoms with E-state index in [1.54, 1.807) is 0 Å². The Morgan fingerprint density at radius 2 is 1.46 bits per heavy atom. The van der Waals surface area contributed by atoms with Crippen LogP contribution in [0.2, 0.25) is 0 Å². The Kier molecular flexibility index (Phi) is 8.47. The molecule has 0 aromatic heterocycles. The Hall–Kier alpha value is -1.74. The molecule has 0 aliphatic rings. The van der Waals surface area contributed by atoms with Gasteiger partial charge in [-0.05, 0) is 30.7 Å². The molecule has 0 aliphatic heterocycles. The first-order valence-electron chi connectivity index (χ1n) is 8.86. The van der Waals surface area contributed by atoms with Gasteiger partial charge < -0.3 is 5.32 Å². The second kappa shape index (κ2) is 10.9. The average molecular weight is 342 g/mol. The minimum absolute atomic E-state index is 0.0726. The summed E-state index contributed by atoms with van der Waals surface area (Å²) in [5, 5.41) is 3.43. The summed E-state index contributed by atoms with van der Waals surface area (Å²) in [6, 6.07) is 17.2. The van der Waals surface area contributed by atoms with Crippen molar-refractivity contribution in [1.82, 2.24) is 0 Å². The number of benzene rings is 2. The van der Waals surface area contributed by atoms with Gasteiger partial charge in [0.1, 0.15) is 0 Å². The number of hydrogen-bond acceptors (Lipinski definition) is 3. The number of carbonyl (C=O) groups is 1. The van der Waals surface area contributed by atoms with Gasteiger partial charge in [-0.15, -0.1) is 0 Å². The van der Waals surface area contributed by atoms with Gasteiger partial charge in [0, 0.05) is 23.4 Å². The molecule has 0 fully saturated rings. The van der Waals surface area contributed by atoms with E-state index in [4.69, 9.17) is 0 Å². The summed E-state index contributed by atoms with van der Waals surface area (Å²) in [4.78, 5) is 12.5. The summed E-state index contributed by atoms with van der Waals surface area (Å²) in [5.74, 6) is 1.07. The molecule has 3 heteroatoms. The van der Waals surface area contributed by atoms with E-state index in [0.29, 0.717) is 0 Å². The smallest absolute Gasteiger partial charge is 0.193 e. The Balaban J connectivity index is 1.76. The molecule has 0 heterocycles. The molecule has 0 atom stereocenters. The molecule has 0 aliphatic carbocycles. The second-order valence-corrected chi connectivity index (χ2v) is 6.49. The van der Waals surface area contributed by atoms with Gasteiger partial charge in [0.05, 0.1) is 0 Å². The molecular formula is C21H27NOS. The number of thiol groups is 1. The summed E-state index contributed by atoms with van der Waals surface area (Å²) in [6.07, 6.45) is 7.54. The summed E-state index contributed by atoms with van der Waals surface area (Å²) in [6.45, 7) is 0.954. The van der Waals surface area contributed by atoms with Crippen LogP contribution >= 0.6 is 12.6 Å². The van der Waals surface area contributed by atoms with E-state index in [9.17, 15) is 4.79 Å². The summed E-state index contributed by atoms with van der Waals surface area (Å²) < 4.78 is 0. The highest BCUT2D eigenvalue weighted by Crippen LogP contribution is 2.15. The molecule has 0 spiro atoms.